The lowest BCUT2D eigenvalue weighted by atomic mass is 10.1. The van der Waals surface area contributed by atoms with Gasteiger partial charge in [0.05, 0.1) is 18.5 Å². The quantitative estimate of drug-likeness (QED) is 0.667. The Morgan fingerprint density at radius 1 is 1.53 bits per heavy atom. The Morgan fingerprint density at radius 2 is 2.24 bits per heavy atom. The molecule has 1 rings (SSSR count). The number of ether oxygens (including phenoxy) is 1. The van der Waals surface area contributed by atoms with Gasteiger partial charge in [-0.1, -0.05) is 6.92 Å². The van der Waals surface area contributed by atoms with E-state index >= 15 is 0 Å². The molecule has 0 aliphatic heterocycles. The third-order valence-corrected chi connectivity index (χ3v) is 2.65. The van der Waals surface area contributed by atoms with Crippen LogP contribution in [-0.4, -0.2) is 24.9 Å². The molecule has 0 heterocycles. The average molecular weight is 242 g/mol. The number of hydrogen-bond donors (Lipinski definition) is 3. The van der Waals surface area contributed by atoms with Gasteiger partial charge in [-0.2, -0.15) is 0 Å². The number of rotatable bonds is 6. The molecular formula is C12H19FN2O2. The van der Waals surface area contributed by atoms with Crippen LogP contribution in [0.2, 0.25) is 0 Å². The molecule has 1 atom stereocenters. The number of nitrogens with one attached hydrogen (secondary N) is 1. The van der Waals surface area contributed by atoms with Gasteiger partial charge >= 0.3 is 0 Å². The number of aliphatic hydroxyl groups is 1. The third-order valence-electron chi connectivity index (χ3n) is 2.65. The SMILES string of the molecule is CCC(CCO)Nc1cc(OC)c(N)cc1F. The van der Waals surface area contributed by atoms with Crippen molar-refractivity contribution < 1.29 is 14.2 Å². The zero-order valence-corrected chi connectivity index (χ0v) is 10.2. The van der Waals surface area contributed by atoms with Crippen LogP contribution in [0, 0.1) is 5.82 Å². The van der Waals surface area contributed by atoms with Crippen molar-refractivity contribution in [1.29, 1.82) is 0 Å². The molecule has 0 saturated heterocycles. The molecule has 0 radical (unpaired) electrons. The van der Waals surface area contributed by atoms with Crippen molar-refractivity contribution in [2.45, 2.75) is 25.8 Å². The Labute approximate surface area is 101 Å². The maximum Gasteiger partial charge on any atom is 0.148 e. The number of nitrogens with two attached hydrogens (primary N) is 1. The van der Waals surface area contributed by atoms with Crippen molar-refractivity contribution in [2.24, 2.45) is 0 Å². The standard InChI is InChI=1S/C12H19FN2O2/c1-3-8(4-5-16)15-11-7-12(17-2)10(14)6-9(11)13/h6-8,15-16H,3-5,14H2,1-2H3. The molecule has 0 spiro atoms. The van der Waals surface area contributed by atoms with E-state index in [2.05, 4.69) is 5.32 Å². The minimum absolute atomic E-state index is 0.0304. The molecule has 1 unspecified atom stereocenters. The van der Waals surface area contributed by atoms with Gasteiger partial charge in [-0.15, -0.1) is 0 Å². The lowest BCUT2D eigenvalue weighted by Crippen LogP contribution is -2.20. The van der Waals surface area contributed by atoms with Crippen LogP contribution >= 0.6 is 0 Å². The van der Waals surface area contributed by atoms with Crippen molar-refractivity contribution in [2.75, 3.05) is 24.8 Å². The Balaban J connectivity index is 2.89. The summed E-state index contributed by atoms with van der Waals surface area (Å²) < 4.78 is 18.7. The first-order valence-electron chi connectivity index (χ1n) is 5.62. The van der Waals surface area contributed by atoms with Gasteiger partial charge in [0.25, 0.3) is 0 Å². The Morgan fingerprint density at radius 3 is 2.76 bits per heavy atom. The van der Waals surface area contributed by atoms with Gasteiger partial charge in [-0.25, -0.2) is 4.39 Å². The van der Waals surface area contributed by atoms with E-state index in [9.17, 15) is 4.39 Å². The van der Waals surface area contributed by atoms with E-state index in [4.69, 9.17) is 15.6 Å². The number of nitrogen functional groups attached to an aromatic ring is 1. The first-order chi connectivity index (χ1) is 8.12. The summed E-state index contributed by atoms with van der Waals surface area (Å²) in [6, 6.07) is 2.79. The summed E-state index contributed by atoms with van der Waals surface area (Å²) >= 11 is 0. The highest BCUT2D eigenvalue weighted by Gasteiger charge is 2.12. The summed E-state index contributed by atoms with van der Waals surface area (Å²) in [5.74, 6) is 0.0208. The molecule has 17 heavy (non-hydrogen) atoms. The van der Waals surface area contributed by atoms with Gasteiger partial charge in [-0.05, 0) is 12.8 Å². The zero-order chi connectivity index (χ0) is 12.8. The van der Waals surface area contributed by atoms with E-state index in [-0.39, 0.29) is 18.3 Å². The second kappa shape index (κ2) is 6.30. The molecule has 4 nitrogen and oxygen atoms in total. The third kappa shape index (κ3) is 3.49. The van der Waals surface area contributed by atoms with Crippen molar-refractivity contribution in [3.63, 3.8) is 0 Å². The fourth-order valence-corrected chi connectivity index (χ4v) is 1.61. The zero-order valence-electron chi connectivity index (χ0n) is 10.2. The number of halogens is 1. The summed E-state index contributed by atoms with van der Waals surface area (Å²) in [5, 5.41) is 11.9. The van der Waals surface area contributed by atoms with Crippen molar-refractivity contribution in [1.82, 2.24) is 0 Å². The molecule has 0 bridgehead atoms. The molecule has 4 N–H and O–H groups in total. The molecule has 0 amide bonds. The van der Waals surface area contributed by atoms with Crippen molar-refractivity contribution in [3.8, 4) is 5.75 Å². The molecule has 0 aliphatic carbocycles. The molecule has 1 aromatic rings. The number of anilines is 2. The topological polar surface area (TPSA) is 67.5 Å². The molecule has 0 aromatic heterocycles. The predicted octanol–water partition coefficient (Wildman–Crippen LogP) is 1.99. The van der Waals surface area contributed by atoms with Crippen LogP contribution in [0.1, 0.15) is 19.8 Å². The Kier molecular flexibility index (Phi) is 5.03. The van der Waals surface area contributed by atoms with Crippen LogP contribution in [0.3, 0.4) is 0 Å². The first kappa shape index (κ1) is 13.6. The van der Waals surface area contributed by atoms with Gasteiger partial charge in [0, 0.05) is 24.8 Å². The fourth-order valence-electron chi connectivity index (χ4n) is 1.61. The smallest absolute Gasteiger partial charge is 0.148 e. The van der Waals surface area contributed by atoms with Gasteiger partial charge in [-0.3, -0.25) is 0 Å². The second-order valence-electron chi connectivity index (χ2n) is 3.84. The van der Waals surface area contributed by atoms with Crippen LogP contribution in [0.25, 0.3) is 0 Å². The highest BCUT2D eigenvalue weighted by atomic mass is 19.1. The van der Waals surface area contributed by atoms with E-state index in [1.54, 1.807) is 0 Å². The molecule has 0 fully saturated rings. The number of benzene rings is 1. The monoisotopic (exact) mass is 242 g/mol. The predicted molar refractivity (Wildman–Crippen MR) is 66.8 cm³/mol. The summed E-state index contributed by atoms with van der Waals surface area (Å²) in [6.07, 6.45) is 1.37. The summed E-state index contributed by atoms with van der Waals surface area (Å²) in [6.45, 7) is 2.04. The van der Waals surface area contributed by atoms with Crippen LogP contribution in [0.5, 0.6) is 5.75 Å². The van der Waals surface area contributed by atoms with E-state index in [0.29, 0.717) is 17.9 Å². The minimum atomic E-state index is -0.417. The average Bonchev–Trinajstić information content (AvgIpc) is 2.31. The van der Waals surface area contributed by atoms with E-state index in [0.717, 1.165) is 6.42 Å². The largest absolute Gasteiger partial charge is 0.495 e. The molecule has 5 heteroatoms. The van der Waals surface area contributed by atoms with Gasteiger partial charge in [0.2, 0.25) is 0 Å². The number of aliphatic hydroxyl groups excluding tert-OH is 1. The normalized spacial score (nSPS) is 12.2. The molecule has 0 aliphatic rings. The highest BCUT2D eigenvalue weighted by Crippen LogP contribution is 2.29. The minimum Gasteiger partial charge on any atom is -0.495 e. The van der Waals surface area contributed by atoms with Gasteiger partial charge < -0.3 is 20.9 Å². The molecular weight excluding hydrogens is 223 g/mol. The summed E-state index contributed by atoms with van der Waals surface area (Å²) in [5.41, 5.74) is 6.20. The summed E-state index contributed by atoms with van der Waals surface area (Å²) in [7, 11) is 1.48. The van der Waals surface area contributed by atoms with E-state index < -0.39 is 5.82 Å². The number of hydrogen-bond acceptors (Lipinski definition) is 4. The maximum atomic E-state index is 13.6. The molecule has 96 valence electrons. The van der Waals surface area contributed by atoms with Crippen molar-refractivity contribution in [3.05, 3.63) is 17.9 Å². The second-order valence-corrected chi connectivity index (χ2v) is 3.84. The molecule has 0 saturated carbocycles. The van der Waals surface area contributed by atoms with Crippen molar-refractivity contribution >= 4 is 11.4 Å². The lowest BCUT2D eigenvalue weighted by molar-refractivity contribution is 0.278. The van der Waals surface area contributed by atoms with Crippen LogP contribution in [0.4, 0.5) is 15.8 Å². The van der Waals surface area contributed by atoms with E-state index in [1.165, 1.54) is 19.2 Å². The molecule has 1 aromatic carbocycles. The van der Waals surface area contributed by atoms with Crippen LogP contribution in [-0.2, 0) is 0 Å². The Bertz CT molecular complexity index is 372. The highest BCUT2D eigenvalue weighted by molar-refractivity contribution is 5.62. The fraction of sp³-hybridized carbons (Fsp3) is 0.500. The Hall–Kier alpha value is -1.49. The van der Waals surface area contributed by atoms with E-state index in [1.807, 2.05) is 6.92 Å². The van der Waals surface area contributed by atoms with Gasteiger partial charge in [0.15, 0.2) is 0 Å². The lowest BCUT2D eigenvalue weighted by Gasteiger charge is -2.18. The van der Waals surface area contributed by atoms with Gasteiger partial charge in [0.1, 0.15) is 11.6 Å². The maximum absolute atomic E-state index is 13.6. The van der Waals surface area contributed by atoms with Crippen LogP contribution in [0.15, 0.2) is 12.1 Å². The van der Waals surface area contributed by atoms with Crippen LogP contribution < -0.4 is 15.8 Å². The number of methoxy groups -OCH3 is 1. The summed E-state index contributed by atoms with van der Waals surface area (Å²) in [4.78, 5) is 0. The first-order valence-corrected chi connectivity index (χ1v) is 5.62.